The second-order valence-corrected chi connectivity index (χ2v) is 5.25. The standard InChI is InChI=1S/C19H14F2N2O/c20-14-7-8-15(16(21)11-14)13-6-9-17(22)18(10-13)23-19(24)12-4-2-1-3-5-12/h1-11H,22H2,(H,23,24). The number of anilines is 2. The van der Waals surface area contributed by atoms with Crippen LogP contribution in [-0.2, 0) is 0 Å². The Balaban J connectivity index is 1.93. The number of halogens is 2. The smallest absolute Gasteiger partial charge is 0.255 e. The second-order valence-electron chi connectivity index (χ2n) is 5.25. The van der Waals surface area contributed by atoms with Gasteiger partial charge in [0, 0.05) is 17.2 Å². The summed E-state index contributed by atoms with van der Waals surface area (Å²) in [6, 6.07) is 16.7. The molecule has 1 amide bonds. The minimum Gasteiger partial charge on any atom is -0.397 e. The molecule has 0 aliphatic rings. The van der Waals surface area contributed by atoms with Gasteiger partial charge in [0.05, 0.1) is 11.4 Å². The van der Waals surface area contributed by atoms with Crippen LogP contribution >= 0.6 is 0 Å². The molecule has 0 radical (unpaired) electrons. The zero-order valence-corrected chi connectivity index (χ0v) is 12.6. The van der Waals surface area contributed by atoms with Crippen LogP contribution < -0.4 is 11.1 Å². The fourth-order valence-electron chi connectivity index (χ4n) is 2.34. The number of hydrogen-bond donors (Lipinski definition) is 2. The van der Waals surface area contributed by atoms with Gasteiger partial charge in [-0.15, -0.1) is 0 Å². The lowest BCUT2D eigenvalue weighted by atomic mass is 10.0. The van der Waals surface area contributed by atoms with E-state index in [1.165, 1.54) is 12.1 Å². The molecule has 0 unspecified atom stereocenters. The summed E-state index contributed by atoms with van der Waals surface area (Å²) < 4.78 is 27.0. The maximum Gasteiger partial charge on any atom is 0.255 e. The van der Waals surface area contributed by atoms with E-state index in [0.717, 1.165) is 6.07 Å². The summed E-state index contributed by atoms with van der Waals surface area (Å²) in [5.41, 5.74) is 7.81. The van der Waals surface area contributed by atoms with Crippen LogP contribution in [0.4, 0.5) is 20.2 Å². The molecule has 0 saturated carbocycles. The predicted molar refractivity (Wildman–Crippen MR) is 90.6 cm³/mol. The van der Waals surface area contributed by atoms with Gasteiger partial charge in [-0.05, 0) is 42.0 Å². The first-order valence-electron chi connectivity index (χ1n) is 7.26. The van der Waals surface area contributed by atoms with Crippen molar-refractivity contribution in [2.24, 2.45) is 0 Å². The lowest BCUT2D eigenvalue weighted by Gasteiger charge is -2.11. The molecule has 0 fully saturated rings. The zero-order valence-electron chi connectivity index (χ0n) is 12.6. The van der Waals surface area contributed by atoms with Crippen LogP contribution in [0.5, 0.6) is 0 Å². The molecule has 0 aliphatic heterocycles. The number of amides is 1. The number of carbonyl (C=O) groups excluding carboxylic acids is 1. The van der Waals surface area contributed by atoms with Gasteiger partial charge in [-0.2, -0.15) is 0 Å². The van der Waals surface area contributed by atoms with Crippen LogP contribution in [0.1, 0.15) is 10.4 Å². The van der Waals surface area contributed by atoms with E-state index in [9.17, 15) is 13.6 Å². The van der Waals surface area contributed by atoms with Crippen LogP contribution in [0.25, 0.3) is 11.1 Å². The minimum absolute atomic E-state index is 0.228. The van der Waals surface area contributed by atoms with E-state index in [0.29, 0.717) is 22.5 Å². The van der Waals surface area contributed by atoms with Crippen molar-refractivity contribution in [1.29, 1.82) is 0 Å². The van der Waals surface area contributed by atoms with Crippen LogP contribution in [-0.4, -0.2) is 5.91 Å². The molecule has 3 aromatic rings. The first kappa shape index (κ1) is 15.7. The minimum atomic E-state index is -0.680. The Kier molecular flexibility index (Phi) is 4.24. The fraction of sp³-hybridized carbons (Fsp3) is 0. The number of rotatable bonds is 3. The Morgan fingerprint density at radius 3 is 2.38 bits per heavy atom. The van der Waals surface area contributed by atoms with E-state index in [4.69, 9.17) is 5.73 Å². The lowest BCUT2D eigenvalue weighted by molar-refractivity contribution is 0.102. The summed E-state index contributed by atoms with van der Waals surface area (Å²) in [6.07, 6.45) is 0. The number of hydrogen-bond acceptors (Lipinski definition) is 2. The summed E-state index contributed by atoms with van der Waals surface area (Å²) in [5, 5.41) is 2.71. The first-order valence-corrected chi connectivity index (χ1v) is 7.26. The number of nitrogens with one attached hydrogen (secondary N) is 1. The number of benzene rings is 3. The highest BCUT2D eigenvalue weighted by molar-refractivity contribution is 6.06. The SMILES string of the molecule is Nc1ccc(-c2ccc(F)cc2F)cc1NC(=O)c1ccccc1. The fourth-order valence-corrected chi connectivity index (χ4v) is 2.34. The van der Waals surface area contributed by atoms with Crippen molar-refractivity contribution < 1.29 is 13.6 Å². The molecule has 0 atom stereocenters. The van der Waals surface area contributed by atoms with Gasteiger partial charge < -0.3 is 11.1 Å². The average molecular weight is 324 g/mol. The summed E-state index contributed by atoms with van der Waals surface area (Å²) in [7, 11) is 0. The van der Waals surface area contributed by atoms with E-state index in [1.807, 2.05) is 6.07 Å². The van der Waals surface area contributed by atoms with Crippen molar-refractivity contribution in [3.8, 4) is 11.1 Å². The van der Waals surface area contributed by atoms with Crippen molar-refractivity contribution in [3.05, 3.63) is 83.9 Å². The zero-order chi connectivity index (χ0) is 17.1. The Morgan fingerprint density at radius 2 is 1.67 bits per heavy atom. The largest absolute Gasteiger partial charge is 0.397 e. The Hall–Kier alpha value is -3.21. The molecule has 0 bridgehead atoms. The molecule has 5 heteroatoms. The van der Waals surface area contributed by atoms with Crippen LogP contribution in [0.3, 0.4) is 0 Å². The molecule has 3 nitrogen and oxygen atoms in total. The van der Waals surface area contributed by atoms with Gasteiger partial charge in [0.15, 0.2) is 0 Å². The topological polar surface area (TPSA) is 55.1 Å². The Labute approximate surface area is 137 Å². The van der Waals surface area contributed by atoms with Crippen LogP contribution in [0, 0.1) is 11.6 Å². The third-order valence-corrected chi connectivity index (χ3v) is 3.58. The van der Waals surface area contributed by atoms with Gasteiger partial charge in [-0.3, -0.25) is 4.79 Å². The van der Waals surface area contributed by atoms with E-state index in [2.05, 4.69) is 5.32 Å². The van der Waals surface area contributed by atoms with E-state index in [1.54, 1.807) is 42.5 Å². The van der Waals surface area contributed by atoms with Crippen LogP contribution in [0.2, 0.25) is 0 Å². The highest BCUT2D eigenvalue weighted by Crippen LogP contribution is 2.29. The van der Waals surface area contributed by atoms with E-state index < -0.39 is 11.6 Å². The molecule has 3 rings (SSSR count). The Bertz CT molecular complexity index is 895. The van der Waals surface area contributed by atoms with Crippen molar-refractivity contribution in [1.82, 2.24) is 0 Å². The van der Waals surface area contributed by atoms with Gasteiger partial charge in [0.2, 0.25) is 0 Å². The summed E-state index contributed by atoms with van der Waals surface area (Å²) in [5.74, 6) is -1.65. The van der Waals surface area contributed by atoms with E-state index in [-0.39, 0.29) is 11.5 Å². The van der Waals surface area contributed by atoms with Gasteiger partial charge in [-0.1, -0.05) is 24.3 Å². The van der Waals surface area contributed by atoms with Gasteiger partial charge in [-0.25, -0.2) is 8.78 Å². The number of carbonyl (C=O) groups is 1. The third kappa shape index (κ3) is 3.25. The quantitative estimate of drug-likeness (QED) is 0.699. The molecule has 0 saturated heterocycles. The maximum absolute atomic E-state index is 13.9. The average Bonchev–Trinajstić information content (AvgIpc) is 2.58. The summed E-state index contributed by atoms with van der Waals surface area (Å²) in [4.78, 5) is 12.2. The third-order valence-electron chi connectivity index (χ3n) is 3.58. The molecule has 3 aromatic carbocycles. The molecule has 0 aliphatic carbocycles. The molecular weight excluding hydrogens is 310 g/mol. The molecule has 120 valence electrons. The molecule has 0 aromatic heterocycles. The van der Waals surface area contributed by atoms with Crippen molar-refractivity contribution in [3.63, 3.8) is 0 Å². The monoisotopic (exact) mass is 324 g/mol. The molecule has 0 heterocycles. The molecule has 3 N–H and O–H groups in total. The number of nitrogen functional groups attached to an aromatic ring is 1. The van der Waals surface area contributed by atoms with Crippen LogP contribution in [0.15, 0.2) is 66.7 Å². The van der Waals surface area contributed by atoms with Gasteiger partial charge in [0.1, 0.15) is 11.6 Å². The molecule has 24 heavy (non-hydrogen) atoms. The summed E-state index contributed by atoms with van der Waals surface area (Å²) in [6.45, 7) is 0. The lowest BCUT2D eigenvalue weighted by Crippen LogP contribution is -2.13. The van der Waals surface area contributed by atoms with E-state index >= 15 is 0 Å². The Morgan fingerprint density at radius 1 is 0.917 bits per heavy atom. The van der Waals surface area contributed by atoms with Crippen molar-refractivity contribution in [2.45, 2.75) is 0 Å². The summed E-state index contributed by atoms with van der Waals surface area (Å²) >= 11 is 0. The maximum atomic E-state index is 13.9. The molecule has 0 spiro atoms. The highest BCUT2D eigenvalue weighted by atomic mass is 19.1. The predicted octanol–water partition coefficient (Wildman–Crippen LogP) is 4.47. The van der Waals surface area contributed by atoms with Crippen molar-refractivity contribution >= 4 is 17.3 Å². The number of nitrogens with two attached hydrogens (primary N) is 1. The van der Waals surface area contributed by atoms with Gasteiger partial charge in [0.25, 0.3) is 5.91 Å². The first-order chi connectivity index (χ1) is 11.5. The second kappa shape index (κ2) is 6.50. The molecular formula is C19H14F2N2O. The highest BCUT2D eigenvalue weighted by Gasteiger charge is 2.11. The van der Waals surface area contributed by atoms with Gasteiger partial charge >= 0.3 is 0 Å². The normalized spacial score (nSPS) is 10.4. The van der Waals surface area contributed by atoms with Crippen molar-refractivity contribution in [2.75, 3.05) is 11.1 Å².